The molecule has 5 heteroatoms. The van der Waals surface area contributed by atoms with Gasteiger partial charge in [-0.05, 0) is 63.8 Å². The van der Waals surface area contributed by atoms with Crippen molar-refractivity contribution in [1.29, 1.82) is 0 Å². The summed E-state index contributed by atoms with van der Waals surface area (Å²) in [4.78, 5) is 11.2. The Morgan fingerprint density at radius 2 is 2.17 bits per heavy atom. The fourth-order valence-corrected chi connectivity index (χ4v) is 3.93. The molecule has 2 aromatic heterocycles. The Hall–Kier alpha value is -1.72. The molecule has 2 aliphatic rings. The number of piperidine rings is 1. The molecule has 0 unspecified atom stereocenters. The molecule has 0 bridgehead atoms. The van der Waals surface area contributed by atoms with Gasteiger partial charge in [-0.15, -0.1) is 0 Å². The van der Waals surface area contributed by atoms with E-state index in [1.165, 1.54) is 12.0 Å². The van der Waals surface area contributed by atoms with Gasteiger partial charge in [0.1, 0.15) is 23.4 Å². The zero-order chi connectivity index (χ0) is 16.7. The van der Waals surface area contributed by atoms with Crippen molar-refractivity contribution >= 4 is 0 Å². The van der Waals surface area contributed by atoms with Crippen molar-refractivity contribution in [2.45, 2.75) is 52.4 Å². The minimum Gasteiger partial charge on any atom is -0.465 e. The van der Waals surface area contributed by atoms with Gasteiger partial charge in [-0.25, -0.2) is 9.97 Å². The van der Waals surface area contributed by atoms with Crippen LogP contribution in [0.2, 0.25) is 0 Å². The number of nitrogens with zero attached hydrogens (tertiary/aromatic N) is 3. The lowest BCUT2D eigenvalue weighted by molar-refractivity contribution is -0.0121. The van der Waals surface area contributed by atoms with Crippen molar-refractivity contribution in [2.75, 3.05) is 13.1 Å². The fraction of sp³-hybridized carbons (Fsp3) is 0.579. The summed E-state index contributed by atoms with van der Waals surface area (Å²) in [6.07, 6.45) is 4.51. The molecular weight excluding hydrogens is 302 g/mol. The predicted octanol–water partition coefficient (Wildman–Crippen LogP) is 3.35. The summed E-state index contributed by atoms with van der Waals surface area (Å²) < 4.78 is 12.2. The Labute approximate surface area is 143 Å². The zero-order valence-corrected chi connectivity index (χ0v) is 14.7. The molecule has 5 nitrogen and oxygen atoms in total. The highest BCUT2D eigenvalue weighted by molar-refractivity contribution is 5.18. The molecule has 0 aromatic carbocycles. The van der Waals surface area contributed by atoms with E-state index in [4.69, 9.17) is 9.15 Å². The molecule has 0 saturated carbocycles. The molecule has 2 aliphatic heterocycles. The number of rotatable bonds is 3. The van der Waals surface area contributed by atoms with Crippen molar-refractivity contribution in [3.63, 3.8) is 0 Å². The van der Waals surface area contributed by atoms with Gasteiger partial charge in [0.05, 0.1) is 18.3 Å². The molecule has 3 atom stereocenters. The van der Waals surface area contributed by atoms with E-state index in [0.29, 0.717) is 12.0 Å². The van der Waals surface area contributed by atoms with Crippen LogP contribution in [0.1, 0.15) is 47.5 Å². The molecule has 2 aromatic rings. The van der Waals surface area contributed by atoms with Crippen LogP contribution in [0.4, 0.5) is 0 Å². The predicted molar refractivity (Wildman–Crippen MR) is 90.6 cm³/mol. The molecule has 0 aliphatic carbocycles. The summed E-state index contributed by atoms with van der Waals surface area (Å²) in [5.74, 6) is 3.54. The summed E-state index contributed by atoms with van der Waals surface area (Å²) in [5.41, 5.74) is 2.26. The molecule has 4 heterocycles. The maximum absolute atomic E-state index is 6.34. The van der Waals surface area contributed by atoms with Crippen LogP contribution in [-0.2, 0) is 11.3 Å². The molecule has 0 N–H and O–H groups in total. The third-order valence-electron chi connectivity index (χ3n) is 5.36. The second kappa shape index (κ2) is 6.30. The minimum atomic E-state index is 0.120. The molecule has 2 saturated heterocycles. The summed E-state index contributed by atoms with van der Waals surface area (Å²) in [6, 6.07) is 4.14. The lowest BCUT2D eigenvalue weighted by Crippen LogP contribution is -2.41. The third kappa shape index (κ3) is 3.10. The monoisotopic (exact) mass is 327 g/mol. The van der Waals surface area contributed by atoms with E-state index in [9.17, 15) is 0 Å². The molecular formula is C19H25N3O2. The largest absolute Gasteiger partial charge is 0.465 e. The van der Waals surface area contributed by atoms with Gasteiger partial charge in [0.2, 0.25) is 0 Å². The number of likely N-dealkylation sites (tertiary alicyclic amines) is 1. The van der Waals surface area contributed by atoms with Gasteiger partial charge < -0.3 is 9.15 Å². The lowest BCUT2D eigenvalue weighted by atomic mass is 9.91. The van der Waals surface area contributed by atoms with E-state index >= 15 is 0 Å². The maximum atomic E-state index is 6.34. The summed E-state index contributed by atoms with van der Waals surface area (Å²) in [7, 11) is 0. The highest BCUT2D eigenvalue weighted by Gasteiger charge is 2.40. The van der Waals surface area contributed by atoms with Crippen molar-refractivity contribution < 1.29 is 9.15 Å². The molecule has 4 rings (SSSR count). The summed E-state index contributed by atoms with van der Waals surface area (Å²) in [6.45, 7) is 9.02. The van der Waals surface area contributed by atoms with Crippen LogP contribution in [0.3, 0.4) is 0 Å². The van der Waals surface area contributed by atoms with Crippen LogP contribution in [0.5, 0.6) is 0 Å². The first-order chi connectivity index (χ1) is 11.6. The number of furan rings is 1. The number of fused-ring (bicyclic) bond motifs is 1. The van der Waals surface area contributed by atoms with Crippen LogP contribution in [0, 0.1) is 26.7 Å². The van der Waals surface area contributed by atoms with Gasteiger partial charge in [-0.3, -0.25) is 4.90 Å². The van der Waals surface area contributed by atoms with Gasteiger partial charge in [-0.1, -0.05) is 0 Å². The van der Waals surface area contributed by atoms with Crippen LogP contribution < -0.4 is 0 Å². The first-order valence-corrected chi connectivity index (χ1v) is 8.82. The number of hydrogen-bond acceptors (Lipinski definition) is 5. The number of aryl methyl sites for hydroxylation is 3. The van der Waals surface area contributed by atoms with Gasteiger partial charge in [-0.2, -0.15) is 0 Å². The topological polar surface area (TPSA) is 51.4 Å². The first kappa shape index (κ1) is 15.8. The van der Waals surface area contributed by atoms with Crippen molar-refractivity contribution in [3.05, 3.63) is 46.9 Å². The van der Waals surface area contributed by atoms with Crippen molar-refractivity contribution in [2.24, 2.45) is 5.92 Å². The Morgan fingerprint density at radius 3 is 2.92 bits per heavy atom. The van der Waals surface area contributed by atoms with Crippen molar-refractivity contribution in [1.82, 2.24) is 14.9 Å². The Bertz CT molecular complexity index is 708. The smallest absolute Gasteiger partial charge is 0.125 e. The van der Waals surface area contributed by atoms with E-state index in [0.717, 1.165) is 49.1 Å². The molecule has 0 spiro atoms. The van der Waals surface area contributed by atoms with E-state index in [1.807, 2.05) is 26.1 Å². The van der Waals surface area contributed by atoms with Gasteiger partial charge in [0.15, 0.2) is 0 Å². The van der Waals surface area contributed by atoms with E-state index in [-0.39, 0.29) is 6.10 Å². The van der Waals surface area contributed by atoms with Gasteiger partial charge in [0.25, 0.3) is 0 Å². The summed E-state index contributed by atoms with van der Waals surface area (Å²) >= 11 is 0. The zero-order valence-electron chi connectivity index (χ0n) is 14.7. The average molecular weight is 327 g/mol. The van der Waals surface area contributed by atoms with Gasteiger partial charge in [0, 0.05) is 12.7 Å². The first-order valence-electron chi connectivity index (χ1n) is 8.82. The Morgan fingerprint density at radius 1 is 1.29 bits per heavy atom. The standard InChI is InChI=1S/C19H25N3O2/c1-12-8-16(23-13(12)2)10-22-7-5-15-9-18(24-19(15)11-22)17-4-6-20-14(3)21-17/h4,6,8,15,18-19H,5,7,9-11H2,1-3H3/t15-,18-,19+/m0/s1. The van der Waals surface area contributed by atoms with E-state index < -0.39 is 0 Å². The van der Waals surface area contributed by atoms with E-state index in [1.54, 1.807) is 0 Å². The van der Waals surface area contributed by atoms with Crippen LogP contribution in [-0.4, -0.2) is 34.1 Å². The molecule has 2 fully saturated rings. The number of aromatic nitrogens is 2. The van der Waals surface area contributed by atoms with E-state index in [2.05, 4.69) is 27.9 Å². The number of ether oxygens (including phenoxy) is 1. The normalized spacial score (nSPS) is 27.4. The summed E-state index contributed by atoms with van der Waals surface area (Å²) in [5, 5.41) is 0. The molecule has 128 valence electrons. The second-order valence-electron chi connectivity index (χ2n) is 7.16. The molecule has 0 radical (unpaired) electrons. The van der Waals surface area contributed by atoms with Crippen LogP contribution in [0.15, 0.2) is 22.7 Å². The second-order valence-corrected chi connectivity index (χ2v) is 7.16. The van der Waals surface area contributed by atoms with Gasteiger partial charge >= 0.3 is 0 Å². The third-order valence-corrected chi connectivity index (χ3v) is 5.36. The highest BCUT2D eigenvalue weighted by atomic mass is 16.5. The average Bonchev–Trinajstić information content (AvgIpc) is 3.10. The molecule has 24 heavy (non-hydrogen) atoms. The SMILES string of the molecule is Cc1nccc([C@@H]2C[C@@H]3CCN(Cc4cc(C)c(C)o4)C[C@H]3O2)n1. The Balaban J connectivity index is 1.40. The minimum absolute atomic E-state index is 0.120. The fourth-order valence-electron chi connectivity index (χ4n) is 3.93. The Kier molecular flexibility index (Phi) is 4.14. The highest BCUT2D eigenvalue weighted by Crippen LogP contribution is 2.40. The van der Waals surface area contributed by atoms with Crippen LogP contribution >= 0.6 is 0 Å². The molecule has 0 amide bonds. The number of hydrogen-bond donors (Lipinski definition) is 0. The van der Waals surface area contributed by atoms with Crippen molar-refractivity contribution in [3.8, 4) is 0 Å². The lowest BCUT2D eigenvalue weighted by Gasteiger charge is -2.33. The maximum Gasteiger partial charge on any atom is 0.125 e. The quantitative estimate of drug-likeness (QED) is 0.865. The van der Waals surface area contributed by atoms with Crippen LogP contribution in [0.25, 0.3) is 0 Å².